The van der Waals surface area contributed by atoms with Crippen molar-refractivity contribution < 1.29 is 4.74 Å². The van der Waals surface area contributed by atoms with Crippen LogP contribution in [-0.4, -0.2) is 25.4 Å². The van der Waals surface area contributed by atoms with Crippen molar-refractivity contribution >= 4 is 18.3 Å². The van der Waals surface area contributed by atoms with E-state index < -0.39 is 0 Å². The minimum absolute atomic E-state index is 0.323. The van der Waals surface area contributed by atoms with Gasteiger partial charge in [-0.25, -0.2) is 0 Å². The highest BCUT2D eigenvalue weighted by atomic mass is 32.1. The molecule has 1 aromatic rings. The van der Waals surface area contributed by atoms with E-state index in [0.29, 0.717) is 5.41 Å². The topological polar surface area (TPSA) is 12.5 Å². The number of para-hydroxylation sites is 2. The third-order valence-electron chi connectivity index (χ3n) is 4.46. The van der Waals surface area contributed by atoms with Gasteiger partial charge in [0.25, 0.3) is 0 Å². The van der Waals surface area contributed by atoms with Crippen LogP contribution < -0.4 is 9.64 Å². The zero-order chi connectivity index (χ0) is 15.1. The molecule has 21 heavy (non-hydrogen) atoms. The van der Waals surface area contributed by atoms with Crippen LogP contribution in [0.15, 0.2) is 24.3 Å². The third kappa shape index (κ3) is 4.09. The molecule has 0 atom stereocenters. The van der Waals surface area contributed by atoms with Gasteiger partial charge in [-0.3, -0.25) is 0 Å². The van der Waals surface area contributed by atoms with Crippen molar-refractivity contribution in [1.29, 1.82) is 0 Å². The van der Waals surface area contributed by atoms with Crippen LogP contribution in [-0.2, 0) is 0 Å². The van der Waals surface area contributed by atoms with E-state index in [0.717, 1.165) is 37.6 Å². The molecule has 0 spiro atoms. The summed E-state index contributed by atoms with van der Waals surface area (Å²) < 4.78 is 5.89. The van der Waals surface area contributed by atoms with Crippen molar-refractivity contribution in [3.63, 3.8) is 0 Å². The van der Waals surface area contributed by atoms with E-state index >= 15 is 0 Å². The lowest BCUT2D eigenvalue weighted by Gasteiger charge is -2.38. The number of thiol groups is 1. The molecule has 0 aliphatic carbocycles. The van der Waals surface area contributed by atoms with Gasteiger partial charge < -0.3 is 9.64 Å². The summed E-state index contributed by atoms with van der Waals surface area (Å²) >= 11 is 4.71. The Kier molecular flexibility index (Phi) is 6.28. The molecule has 1 heterocycles. The third-order valence-corrected chi connectivity index (χ3v) is 5.13. The molecular weight excluding hydrogens is 278 g/mol. The van der Waals surface area contributed by atoms with Gasteiger partial charge in [-0.2, -0.15) is 12.6 Å². The minimum Gasteiger partial charge on any atom is -0.491 e. The van der Waals surface area contributed by atoms with Crippen molar-refractivity contribution in [2.24, 2.45) is 5.41 Å². The SMILES string of the molecule is CCCC(CS)(CCC)CN1CCCOc2ccccc21. The van der Waals surface area contributed by atoms with E-state index in [9.17, 15) is 0 Å². The molecule has 1 aliphatic rings. The molecular formula is C18H29NOS. The van der Waals surface area contributed by atoms with Gasteiger partial charge in [-0.05, 0) is 42.6 Å². The lowest BCUT2D eigenvalue weighted by atomic mass is 9.80. The van der Waals surface area contributed by atoms with Crippen LogP contribution >= 0.6 is 12.6 Å². The minimum atomic E-state index is 0.323. The van der Waals surface area contributed by atoms with Crippen molar-refractivity contribution in [2.45, 2.75) is 46.0 Å². The maximum Gasteiger partial charge on any atom is 0.142 e. The van der Waals surface area contributed by atoms with Crippen molar-refractivity contribution in [3.8, 4) is 5.75 Å². The molecule has 0 saturated carbocycles. The Hall–Kier alpha value is -0.830. The van der Waals surface area contributed by atoms with Crippen LogP contribution in [0, 0.1) is 5.41 Å². The quantitative estimate of drug-likeness (QED) is 0.727. The summed E-state index contributed by atoms with van der Waals surface area (Å²) in [5.74, 6) is 2.00. The van der Waals surface area contributed by atoms with Crippen LogP contribution in [0.25, 0.3) is 0 Å². The summed E-state index contributed by atoms with van der Waals surface area (Å²) in [7, 11) is 0. The van der Waals surface area contributed by atoms with Gasteiger partial charge in [0.1, 0.15) is 5.75 Å². The highest BCUT2D eigenvalue weighted by Gasteiger charge is 2.31. The number of nitrogens with zero attached hydrogens (tertiary/aromatic N) is 1. The molecule has 0 aromatic heterocycles. The summed E-state index contributed by atoms with van der Waals surface area (Å²) in [6.07, 6.45) is 6.06. The second-order valence-electron chi connectivity index (χ2n) is 6.25. The van der Waals surface area contributed by atoms with E-state index in [-0.39, 0.29) is 0 Å². The molecule has 0 fully saturated rings. The smallest absolute Gasteiger partial charge is 0.142 e. The van der Waals surface area contributed by atoms with Gasteiger partial charge >= 0.3 is 0 Å². The van der Waals surface area contributed by atoms with Gasteiger partial charge in [0.2, 0.25) is 0 Å². The second-order valence-corrected chi connectivity index (χ2v) is 6.57. The first kappa shape index (κ1) is 16.5. The molecule has 2 rings (SSSR count). The lowest BCUT2D eigenvalue weighted by molar-refractivity contribution is 0.277. The van der Waals surface area contributed by atoms with Crippen molar-refractivity contribution in [2.75, 3.05) is 30.3 Å². The maximum absolute atomic E-state index is 5.89. The normalized spacial score (nSPS) is 15.3. The van der Waals surface area contributed by atoms with Crippen LogP contribution in [0.4, 0.5) is 5.69 Å². The summed E-state index contributed by atoms with van der Waals surface area (Å²) in [5.41, 5.74) is 1.58. The number of benzene rings is 1. The van der Waals surface area contributed by atoms with Crippen LogP contribution in [0.3, 0.4) is 0 Å². The van der Waals surface area contributed by atoms with Crippen LogP contribution in [0.1, 0.15) is 46.0 Å². The molecule has 3 heteroatoms. The number of anilines is 1. The highest BCUT2D eigenvalue weighted by molar-refractivity contribution is 7.80. The predicted molar refractivity (Wildman–Crippen MR) is 94.9 cm³/mol. The Morgan fingerprint density at radius 3 is 2.57 bits per heavy atom. The van der Waals surface area contributed by atoms with Gasteiger partial charge in [0.05, 0.1) is 12.3 Å². The average molecular weight is 308 g/mol. The average Bonchev–Trinajstić information content (AvgIpc) is 2.70. The second kappa shape index (κ2) is 7.98. The summed E-state index contributed by atoms with van der Waals surface area (Å²) in [6, 6.07) is 8.46. The summed E-state index contributed by atoms with van der Waals surface area (Å²) in [4.78, 5) is 2.53. The molecule has 0 unspecified atom stereocenters. The number of fused-ring (bicyclic) bond motifs is 1. The monoisotopic (exact) mass is 307 g/mol. The molecule has 0 amide bonds. The summed E-state index contributed by atoms with van der Waals surface area (Å²) in [6.45, 7) is 7.57. The molecule has 2 nitrogen and oxygen atoms in total. The Morgan fingerprint density at radius 2 is 1.90 bits per heavy atom. The van der Waals surface area contributed by atoms with E-state index in [1.54, 1.807) is 0 Å². The van der Waals surface area contributed by atoms with Crippen LogP contribution in [0.5, 0.6) is 5.75 Å². The van der Waals surface area contributed by atoms with Gasteiger partial charge in [-0.1, -0.05) is 38.8 Å². The molecule has 1 aliphatic heterocycles. The Morgan fingerprint density at radius 1 is 1.19 bits per heavy atom. The number of hydrogen-bond acceptors (Lipinski definition) is 3. The fourth-order valence-corrected chi connectivity index (χ4v) is 3.94. The molecule has 0 bridgehead atoms. The Bertz CT molecular complexity index is 429. The van der Waals surface area contributed by atoms with Crippen molar-refractivity contribution in [1.82, 2.24) is 0 Å². The molecule has 118 valence electrons. The first-order valence-corrected chi connectivity index (χ1v) is 8.95. The first-order valence-electron chi connectivity index (χ1n) is 8.32. The van der Waals surface area contributed by atoms with E-state index in [2.05, 4.69) is 43.0 Å². The van der Waals surface area contributed by atoms with E-state index in [4.69, 9.17) is 17.4 Å². The Balaban J connectivity index is 2.23. The van der Waals surface area contributed by atoms with Crippen molar-refractivity contribution in [3.05, 3.63) is 24.3 Å². The fourth-order valence-electron chi connectivity index (χ4n) is 3.52. The van der Waals surface area contributed by atoms with Crippen LogP contribution in [0.2, 0.25) is 0 Å². The summed E-state index contributed by atoms with van der Waals surface area (Å²) in [5, 5.41) is 0. The fraction of sp³-hybridized carbons (Fsp3) is 0.667. The maximum atomic E-state index is 5.89. The molecule has 0 saturated heterocycles. The van der Waals surface area contributed by atoms with Gasteiger partial charge in [-0.15, -0.1) is 0 Å². The lowest BCUT2D eigenvalue weighted by Crippen LogP contribution is -2.39. The molecule has 1 aromatic carbocycles. The highest BCUT2D eigenvalue weighted by Crippen LogP contribution is 2.37. The molecule has 0 N–H and O–H groups in total. The predicted octanol–water partition coefficient (Wildman–Crippen LogP) is 4.79. The number of rotatable bonds is 7. The number of ether oxygens (including phenoxy) is 1. The Labute approximate surface area is 135 Å². The zero-order valence-electron chi connectivity index (χ0n) is 13.5. The molecule has 0 radical (unpaired) electrons. The van der Waals surface area contributed by atoms with E-state index in [1.165, 1.54) is 31.4 Å². The standard InChI is InChI=1S/C18H29NOS/c1-3-10-18(15-21,11-4-2)14-19-12-7-13-20-17-9-6-5-8-16(17)19/h5-6,8-9,21H,3-4,7,10-15H2,1-2H3. The largest absolute Gasteiger partial charge is 0.491 e. The first-order chi connectivity index (χ1) is 10.2. The zero-order valence-corrected chi connectivity index (χ0v) is 14.4. The van der Waals surface area contributed by atoms with E-state index in [1.807, 2.05) is 0 Å². The number of hydrogen-bond donors (Lipinski definition) is 1. The van der Waals surface area contributed by atoms with Gasteiger partial charge in [0, 0.05) is 13.1 Å². The van der Waals surface area contributed by atoms with Gasteiger partial charge in [0.15, 0.2) is 0 Å².